The normalized spacial score (nSPS) is 11.1. The molecule has 0 bridgehead atoms. The average Bonchev–Trinajstić information content (AvgIpc) is 2.19. The second-order valence-electron chi connectivity index (χ2n) is 4.06. The van der Waals surface area contributed by atoms with E-state index in [2.05, 4.69) is 25.0 Å². The van der Waals surface area contributed by atoms with E-state index < -0.39 is 8.24 Å². The molecule has 2 nitrogen and oxygen atoms in total. The third kappa shape index (κ3) is 2.99. The fraction of sp³-hybridized carbons (Fsp3) is 0.364. The maximum atomic E-state index is 11.7. The summed E-state index contributed by atoms with van der Waals surface area (Å²) >= 11 is 0. The highest BCUT2D eigenvalue weighted by molar-refractivity contribution is 6.77. The first-order valence-corrected chi connectivity index (χ1v) is 8.13. The molecule has 0 fully saturated rings. The molecule has 1 rings (SSSR count). The molecule has 0 aromatic heterocycles. The fourth-order valence-electron chi connectivity index (χ4n) is 1.06. The second kappa shape index (κ2) is 4.42. The van der Waals surface area contributed by atoms with Gasteiger partial charge < -0.3 is 4.98 Å². The van der Waals surface area contributed by atoms with Crippen LogP contribution >= 0.6 is 0 Å². The molecule has 1 amide bonds. The molecule has 0 saturated heterocycles. The zero-order chi connectivity index (χ0) is 10.6. The first-order chi connectivity index (χ1) is 6.55. The molecule has 76 valence electrons. The van der Waals surface area contributed by atoms with Gasteiger partial charge in [-0.1, -0.05) is 38.2 Å². The Morgan fingerprint density at radius 1 is 1.29 bits per heavy atom. The van der Waals surface area contributed by atoms with Gasteiger partial charge in [-0.3, -0.25) is 4.79 Å². The van der Waals surface area contributed by atoms with E-state index in [1.54, 1.807) is 0 Å². The van der Waals surface area contributed by atoms with Crippen LogP contribution < -0.4 is 4.98 Å². The molecule has 14 heavy (non-hydrogen) atoms. The number of nitrogens with one attached hydrogen (secondary N) is 1. The van der Waals surface area contributed by atoms with Crippen LogP contribution in [0.5, 0.6) is 0 Å². The van der Waals surface area contributed by atoms with E-state index in [9.17, 15) is 4.79 Å². The highest BCUT2D eigenvalue weighted by atomic mass is 28.3. The minimum atomic E-state index is -1.52. The number of carbonyl (C=O) groups is 1. The van der Waals surface area contributed by atoms with Gasteiger partial charge in [0.1, 0.15) is 0 Å². The van der Waals surface area contributed by atoms with Crippen LogP contribution in [-0.2, 0) is 0 Å². The van der Waals surface area contributed by atoms with Gasteiger partial charge in [0.15, 0.2) is 8.24 Å². The Labute approximate surface area is 86.4 Å². The number of hydrogen-bond acceptors (Lipinski definition) is 1. The van der Waals surface area contributed by atoms with Crippen LogP contribution in [0.1, 0.15) is 17.3 Å². The van der Waals surface area contributed by atoms with Crippen LogP contribution in [-0.4, -0.2) is 14.1 Å². The molecule has 0 atom stereocenters. The number of carbonyl (C=O) groups excluding carboxylic acids is 1. The minimum absolute atomic E-state index is 0.0594. The highest BCUT2D eigenvalue weighted by Gasteiger charge is 2.21. The molecular weight excluding hydrogens is 190 g/mol. The van der Waals surface area contributed by atoms with Gasteiger partial charge in [-0.25, -0.2) is 0 Å². The lowest BCUT2D eigenvalue weighted by molar-refractivity contribution is 0.0978. The van der Waals surface area contributed by atoms with E-state index in [-0.39, 0.29) is 5.91 Å². The fourth-order valence-corrected chi connectivity index (χ4v) is 1.99. The van der Waals surface area contributed by atoms with Crippen LogP contribution in [0.2, 0.25) is 19.1 Å². The second-order valence-corrected chi connectivity index (χ2v) is 8.78. The van der Waals surface area contributed by atoms with Crippen molar-refractivity contribution >= 4 is 14.1 Å². The van der Waals surface area contributed by atoms with E-state index >= 15 is 0 Å². The molecule has 0 spiro atoms. The van der Waals surface area contributed by atoms with E-state index in [0.29, 0.717) is 0 Å². The summed E-state index contributed by atoms with van der Waals surface area (Å²) in [6.07, 6.45) is 0. The Morgan fingerprint density at radius 2 is 1.86 bits per heavy atom. The Kier molecular flexibility index (Phi) is 3.47. The number of rotatable bonds is 3. The monoisotopic (exact) mass is 207 g/mol. The summed E-state index contributed by atoms with van der Waals surface area (Å²) in [5, 5.41) is 0. The predicted molar refractivity (Wildman–Crippen MR) is 61.9 cm³/mol. The molecule has 0 aliphatic carbocycles. The third-order valence-corrected chi connectivity index (χ3v) is 5.04. The molecule has 0 unspecified atom stereocenters. The topological polar surface area (TPSA) is 29.1 Å². The van der Waals surface area contributed by atoms with E-state index in [4.69, 9.17) is 0 Å². The van der Waals surface area contributed by atoms with Crippen molar-refractivity contribution in [1.82, 2.24) is 4.98 Å². The molecule has 0 aliphatic rings. The van der Waals surface area contributed by atoms with Crippen LogP contribution in [0, 0.1) is 0 Å². The van der Waals surface area contributed by atoms with Gasteiger partial charge in [-0.05, 0) is 18.2 Å². The van der Waals surface area contributed by atoms with E-state index in [0.717, 1.165) is 11.6 Å². The molecule has 1 N–H and O–H groups in total. The number of amides is 1. The van der Waals surface area contributed by atoms with Gasteiger partial charge >= 0.3 is 0 Å². The predicted octanol–water partition coefficient (Wildman–Crippen LogP) is 2.64. The molecule has 1 aromatic rings. The third-order valence-electron chi connectivity index (χ3n) is 2.37. The van der Waals surface area contributed by atoms with Gasteiger partial charge in [0.2, 0.25) is 5.91 Å². The maximum Gasteiger partial charge on any atom is 0.243 e. The van der Waals surface area contributed by atoms with Crippen molar-refractivity contribution in [2.24, 2.45) is 0 Å². The largest absolute Gasteiger partial charge is 0.378 e. The molecule has 1 aromatic carbocycles. The van der Waals surface area contributed by atoms with Crippen LogP contribution in [0.3, 0.4) is 0 Å². The summed E-state index contributed by atoms with van der Waals surface area (Å²) in [5.41, 5.74) is 0.751. The molecule has 0 heterocycles. The lowest BCUT2D eigenvalue weighted by Crippen LogP contribution is -2.47. The first kappa shape index (κ1) is 11.0. The maximum absolute atomic E-state index is 11.7. The molecular formula is C11H17NOSi. The van der Waals surface area contributed by atoms with Crippen molar-refractivity contribution in [2.75, 3.05) is 0 Å². The summed E-state index contributed by atoms with van der Waals surface area (Å²) in [6, 6.07) is 10.4. The summed E-state index contributed by atoms with van der Waals surface area (Å²) in [7, 11) is -1.52. The zero-order valence-corrected chi connectivity index (χ0v) is 10.0. The molecule has 0 aliphatic heterocycles. The lowest BCUT2D eigenvalue weighted by atomic mass is 10.2. The summed E-state index contributed by atoms with van der Waals surface area (Å²) in [4.78, 5) is 14.9. The number of benzene rings is 1. The van der Waals surface area contributed by atoms with Crippen LogP contribution in [0.25, 0.3) is 0 Å². The smallest absolute Gasteiger partial charge is 0.243 e. The first-order valence-electron chi connectivity index (χ1n) is 4.93. The van der Waals surface area contributed by atoms with Gasteiger partial charge in [0.25, 0.3) is 0 Å². The Morgan fingerprint density at radius 3 is 2.36 bits per heavy atom. The Bertz CT molecular complexity index is 308. The average molecular weight is 207 g/mol. The van der Waals surface area contributed by atoms with Crippen molar-refractivity contribution in [3.8, 4) is 0 Å². The molecule has 0 radical (unpaired) electrons. The van der Waals surface area contributed by atoms with Crippen molar-refractivity contribution in [3.05, 3.63) is 35.9 Å². The van der Waals surface area contributed by atoms with Crippen molar-refractivity contribution in [2.45, 2.75) is 26.1 Å². The van der Waals surface area contributed by atoms with Crippen molar-refractivity contribution in [3.63, 3.8) is 0 Å². The quantitative estimate of drug-likeness (QED) is 0.759. The van der Waals surface area contributed by atoms with Gasteiger partial charge in [0.05, 0.1) is 0 Å². The lowest BCUT2D eigenvalue weighted by Gasteiger charge is -2.21. The SMILES string of the molecule is CC[Si](C)(C)NC(=O)c1ccccc1. The zero-order valence-electron chi connectivity index (χ0n) is 9.00. The highest BCUT2D eigenvalue weighted by Crippen LogP contribution is 2.06. The van der Waals surface area contributed by atoms with E-state index in [1.807, 2.05) is 30.3 Å². The van der Waals surface area contributed by atoms with E-state index in [1.165, 1.54) is 0 Å². The molecule has 3 heteroatoms. The molecule has 0 saturated carbocycles. The van der Waals surface area contributed by atoms with Crippen molar-refractivity contribution in [1.29, 1.82) is 0 Å². The number of hydrogen-bond donors (Lipinski definition) is 1. The van der Waals surface area contributed by atoms with Crippen molar-refractivity contribution < 1.29 is 4.79 Å². The Balaban J connectivity index is 2.69. The van der Waals surface area contributed by atoms with Crippen LogP contribution in [0.15, 0.2) is 30.3 Å². The summed E-state index contributed by atoms with van der Waals surface area (Å²) in [6.45, 7) is 6.44. The minimum Gasteiger partial charge on any atom is -0.378 e. The summed E-state index contributed by atoms with van der Waals surface area (Å²) in [5.74, 6) is 0.0594. The Hall–Kier alpha value is -1.09. The van der Waals surface area contributed by atoms with Gasteiger partial charge in [0, 0.05) is 5.56 Å². The van der Waals surface area contributed by atoms with Gasteiger partial charge in [-0.2, -0.15) is 0 Å². The van der Waals surface area contributed by atoms with Gasteiger partial charge in [-0.15, -0.1) is 0 Å². The standard InChI is InChI=1S/C11H17NOSi/c1-4-14(2,3)12-11(13)10-8-6-5-7-9-10/h5-9H,4H2,1-3H3,(H,12,13). The van der Waals surface area contributed by atoms with Crippen LogP contribution in [0.4, 0.5) is 0 Å². The summed E-state index contributed by atoms with van der Waals surface area (Å²) < 4.78 is 0.